The lowest BCUT2D eigenvalue weighted by Gasteiger charge is -2.01. The first kappa shape index (κ1) is 24.2. The van der Waals surface area contributed by atoms with Crippen LogP contribution in [-0.2, 0) is 4.79 Å². The van der Waals surface area contributed by atoms with Gasteiger partial charge in [0.05, 0.1) is 0 Å². The van der Waals surface area contributed by atoms with Gasteiger partial charge in [-0.2, -0.15) is 0 Å². The molecule has 0 aliphatic rings. The Labute approximate surface area is 157 Å². The Kier molecular flexibility index (Phi) is 20.6. The van der Waals surface area contributed by atoms with Gasteiger partial charge >= 0.3 is 5.97 Å². The van der Waals surface area contributed by atoms with Crippen molar-refractivity contribution in [2.75, 3.05) is 0 Å². The molecule has 0 aromatic carbocycles. The van der Waals surface area contributed by atoms with E-state index in [1.165, 1.54) is 103 Å². The van der Waals surface area contributed by atoms with Crippen molar-refractivity contribution in [2.45, 2.75) is 129 Å². The van der Waals surface area contributed by atoms with Crippen LogP contribution in [0.25, 0.3) is 0 Å². The van der Waals surface area contributed by atoms with Crippen molar-refractivity contribution in [3.63, 3.8) is 0 Å². The van der Waals surface area contributed by atoms with Crippen LogP contribution in [0.5, 0.6) is 0 Å². The second-order valence-electron chi connectivity index (χ2n) is 7.50. The van der Waals surface area contributed by atoms with Crippen molar-refractivity contribution in [3.05, 3.63) is 12.2 Å². The number of rotatable bonds is 20. The zero-order valence-electron chi connectivity index (χ0n) is 16.9. The van der Waals surface area contributed by atoms with E-state index in [1.807, 2.05) is 0 Å². The summed E-state index contributed by atoms with van der Waals surface area (Å²) in [6.07, 6.45) is 28.6. The van der Waals surface area contributed by atoms with E-state index < -0.39 is 5.97 Å². The normalized spacial score (nSPS) is 11.4. The molecule has 25 heavy (non-hydrogen) atoms. The minimum absolute atomic E-state index is 0.332. The van der Waals surface area contributed by atoms with Crippen molar-refractivity contribution in [3.8, 4) is 0 Å². The van der Waals surface area contributed by atoms with Crippen molar-refractivity contribution in [1.29, 1.82) is 0 Å². The van der Waals surface area contributed by atoms with Gasteiger partial charge < -0.3 is 5.11 Å². The molecule has 2 nitrogen and oxygen atoms in total. The fraction of sp³-hybridized carbons (Fsp3) is 0.870. The minimum Gasteiger partial charge on any atom is -0.481 e. The number of allylic oxidation sites excluding steroid dienone is 2. The van der Waals surface area contributed by atoms with Gasteiger partial charge in [-0.15, -0.1) is 0 Å². The number of hydrogen-bond donors (Lipinski definition) is 1. The molecule has 0 aromatic rings. The third-order valence-corrected chi connectivity index (χ3v) is 4.90. The molecule has 2 heteroatoms. The van der Waals surface area contributed by atoms with Crippen LogP contribution < -0.4 is 0 Å². The van der Waals surface area contributed by atoms with E-state index in [0.29, 0.717) is 6.42 Å². The van der Waals surface area contributed by atoms with Crippen LogP contribution in [0.15, 0.2) is 12.2 Å². The molecule has 1 N–H and O–H groups in total. The SMILES string of the molecule is CCCCCCCCCCCCC/C=C\CCCCCCCC(=O)O. The second-order valence-corrected chi connectivity index (χ2v) is 7.50. The largest absolute Gasteiger partial charge is 0.481 e. The van der Waals surface area contributed by atoms with E-state index in [9.17, 15) is 4.79 Å². The topological polar surface area (TPSA) is 37.3 Å². The molecular formula is C23H44O2. The van der Waals surface area contributed by atoms with Crippen LogP contribution in [0.4, 0.5) is 0 Å². The monoisotopic (exact) mass is 352 g/mol. The number of carbonyl (C=O) groups is 1. The maximum atomic E-state index is 10.4. The van der Waals surface area contributed by atoms with Crippen LogP contribution in [0.2, 0.25) is 0 Å². The zero-order valence-corrected chi connectivity index (χ0v) is 16.9. The van der Waals surface area contributed by atoms with Gasteiger partial charge in [0.15, 0.2) is 0 Å². The Morgan fingerprint density at radius 2 is 0.960 bits per heavy atom. The Morgan fingerprint density at radius 3 is 1.36 bits per heavy atom. The van der Waals surface area contributed by atoms with Gasteiger partial charge in [0, 0.05) is 6.42 Å². The van der Waals surface area contributed by atoms with E-state index >= 15 is 0 Å². The summed E-state index contributed by atoms with van der Waals surface area (Å²) in [7, 11) is 0. The Hall–Kier alpha value is -0.790. The molecule has 148 valence electrons. The second kappa shape index (κ2) is 21.3. The summed E-state index contributed by atoms with van der Waals surface area (Å²) in [6, 6.07) is 0. The molecule has 0 radical (unpaired) electrons. The molecule has 0 rings (SSSR count). The average molecular weight is 353 g/mol. The van der Waals surface area contributed by atoms with Gasteiger partial charge in [0.1, 0.15) is 0 Å². The van der Waals surface area contributed by atoms with Crippen molar-refractivity contribution >= 4 is 5.97 Å². The maximum absolute atomic E-state index is 10.4. The lowest BCUT2D eigenvalue weighted by Crippen LogP contribution is -1.93. The fourth-order valence-corrected chi connectivity index (χ4v) is 3.23. The molecule has 0 bridgehead atoms. The van der Waals surface area contributed by atoms with E-state index in [-0.39, 0.29) is 0 Å². The van der Waals surface area contributed by atoms with Gasteiger partial charge in [0.2, 0.25) is 0 Å². The summed E-state index contributed by atoms with van der Waals surface area (Å²) in [5, 5.41) is 8.56. The first-order chi connectivity index (χ1) is 12.3. The lowest BCUT2D eigenvalue weighted by molar-refractivity contribution is -0.137. The van der Waals surface area contributed by atoms with E-state index in [1.54, 1.807) is 0 Å². The zero-order chi connectivity index (χ0) is 18.4. The van der Waals surface area contributed by atoms with Gasteiger partial charge in [-0.1, -0.05) is 103 Å². The smallest absolute Gasteiger partial charge is 0.303 e. The molecular weight excluding hydrogens is 308 g/mol. The van der Waals surface area contributed by atoms with Crippen LogP contribution >= 0.6 is 0 Å². The molecule has 0 unspecified atom stereocenters. The Morgan fingerprint density at radius 1 is 0.600 bits per heavy atom. The molecule has 0 aliphatic carbocycles. The number of carboxylic acid groups (broad SMARTS) is 1. The summed E-state index contributed by atoms with van der Waals surface area (Å²) < 4.78 is 0. The quantitative estimate of drug-likeness (QED) is 0.178. The standard InChI is InChI=1S/C23H44O2/c1-2-3-4-5-6-7-8-9-10-11-12-13-14-15-16-17-18-19-20-21-22-23(24)25/h14-15H,2-13,16-22H2,1H3,(H,24,25)/b15-14-. The highest BCUT2D eigenvalue weighted by molar-refractivity contribution is 5.66. The Balaban J connectivity index is 3.07. The molecule has 0 spiro atoms. The molecule has 0 fully saturated rings. The summed E-state index contributed by atoms with van der Waals surface area (Å²) in [4.78, 5) is 10.4. The van der Waals surface area contributed by atoms with Crippen molar-refractivity contribution < 1.29 is 9.90 Å². The highest BCUT2D eigenvalue weighted by Crippen LogP contribution is 2.12. The minimum atomic E-state index is -0.662. The summed E-state index contributed by atoms with van der Waals surface area (Å²) in [5.74, 6) is -0.662. The molecule has 0 saturated heterocycles. The first-order valence-electron chi connectivity index (χ1n) is 11.1. The van der Waals surface area contributed by atoms with E-state index in [0.717, 1.165) is 12.8 Å². The van der Waals surface area contributed by atoms with E-state index in [4.69, 9.17) is 5.11 Å². The molecule has 0 saturated carbocycles. The summed E-state index contributed by atoms with van der Waals surface area (Å²) >= 11 is 0. The Bertz CT molecular complexity index is 296. The highest BCUT2D eigenvalue weighted by atomic mass is 16.4. The van der Waals surface area contributed by atoms with Crippen LogP contribution in [-0.4, -0.2) is 11.1 Å². The van der Waals surface area contributed by atoms with Gasteiger partial charge in [0.25, 0.3) is 0 Å². The van der Waals surface area contributed by atoms with Crippen molar-refractivity contribution in [2.24, 2.45) is 0 Å². The number of carboxylic acids is 1. The van der Waals surface area contributed by atoms with Gasteiger partial charge in [-0.3, -0.25) is 4.79 Å². The molecule has 0 aromatic heterocycles. The third-order valence-electron chi connectivity index (χ3n) is 4.90. The summed E-state index contributed by atoms with van der Waals surface area (Å²) in [6.45, 7) is 2.28. The molecule has 0 atom stereocenters. The molecule has 0 amide bonds. The van der Waals surface area contributed by atoms with Crippen LogP contribution in [0, 0.1) is 0 Å². The fourth-order valence-electron chi connectivity index (χ4n) is 3.23. The van der Waals surface area contributed by atoms with Gasteiger partial charge in [-0.05, 0) is 32.1 Å². The van der Waals surface area contributed by atoms with E-state index in [2.05, 4.69) is 19.1 Å². The van der Waals surface area contributed by atoms with Crippen LogP contribution in [0.1, 0.15) is 129 Å². The predicted octanol–water partition coefficient (Wildman–Crippen LogP) is 8.06. The number of unbranched alkanes of at least 4 members (excludes halogenated alkanes) is 16. The number of aliphatic carboxylic acids is 1. The predicted molar refractivity (Wildman–Crippen MR) is 110 cm³/mol. The van der Waals surface area contributed by atoms with Crippen LogP contribution in [0.3, 0.4) is 0 Å². The number of hydrogen-bond acceptors (Lipinski definition) is 1. The molecule has 0 heterocycles. The lowest BCUT2D eigenvalue weighted by atomic mass is 10.0. The highest BCUT2D eigenvalue weighted by Gasteiger charge is 1.96. The average Bonchev–Trinajstić information content (AvgIpc) is 2.60. The first-order valence-corrected chi connectivity index (χ1v) is 11.1. The third kappa shape index (κ3) is 23.2. The van der Waals surface area contributed by atoms with Crippen molar-refractivity contribution in [1.82, 2.24) is 0 Å². The summed E-state index contributed by atoms with van der Waals surface area (Å²) in [5.41, 5.74) is 0. The maximum Gasteiger partial charge on any atom is 0.303 e. The van der Waals surface area contributed by atoms with Gasteiger partial charge in [-0.25, -0.2) is 0 Å². The molecule has 0 aliphatic heterocycles.